The Morgan fingerprint density at radius 3 is 2.75 bits per heavy atom. The summed E-state index contributed by atoms with van der Waals surface area (Å²) in [6.07, 6.45) is 1.39. The van der Waals surface area contributed by atoms with Crippen LogP contribution >= 0.6 is 0 Å². The van der Waals surface area contributed by atoms with Gasteiger partial charge in [0, 0.05) is 45.8 Å². The Morgan fingerprint density at radius 2 is 2.15 bits per heavy atom. The Morgan fingerprint density at radius 1 is 1.40 bits per heavy atom. The molecule has 3 atom stereocenters. The van der Waals surface area contributed by atoms with Crippen molar-refractivity contribution in [1.82, 2.24) is 15.5 Å². The highest BCUT2D eigenvalue weighted by atomic mass is 16.3. The second-order valence-electron chi connectivity index (χ2n) is 5.71. The molecule has 0 aromatic carbocycles. The Balaban J connectivity index is 2.41. The predicted molar refractivity (Wildman–Crippen MR) is 78.4 cm³/mol. The number of carbonyl (C=O) groups is 1. The van der Waals surface area contributed by atoms with Gasteiger partial charge in [-0.3, -0.25) is 9.69 Å². The van der Waals surface area contributed by atoms with Crippen LogP contribution < -0.4 is 10.6 Å². The molecule has 0 spiro atoms. The van der Waals surface area contributed by atoms with Crippen LogP contribution in [0.5, 0.6) is 0 Å². The highest BCUT2D eigenvalue weighted by molar-refractivity contribution is 5.72. The average Bonchev–Trinajstić information content (AvgIpc) is 2.38. The topological polar surface area (TPSA) is 84.8 Å². The molecule has 0 aliphatic carbocycles. The van der Waals surface area contributed by atoms with Crippen molar-refractivity contribution in [2.24, 2.45) is 5.92 Å². The van der Waals surface area contributed by atoms with Crippen LogP contribution in [0.4, 0.5) is 0 Å². The first-order valence-corrected chi connectivity index (χ1v) is 7.52. The van der Waals surface area contributed by atoms with E-state index >= 15 is 0 Å². The maximum absolute atomic E-state index is 10.9. The molecule has 1 aliphatic rings. The Labute approximate surface area is 121 Å². The lowest BCUT2D eigenvalue weighted by Crippen LogP contribution is -2.52. The number of piperidine rings is 1. The lowest BCUT2D eigenvalue weighted by atomic mass is 9.90. The van der Waals surface area contributed by atoms with Crippen LogP contribution in [-0.2, 0) is 4.79 Å². The highest BCUT2D eigenvalue weighted by Crippen LogP contribution is 2.20. The van der Waals surface area contributed by atoms with E-state index in [1.54, 1.807) is 0 Å². The summed E-state index contributed by atoms with van der Waals surface area (Å²) in [4.78, 5) is 13.2. The van der Waals surface area contributed by atoms with Gasteiger partial charge in [-0.1, -0.05) is 0 Å². The van der Waals surface area contributed by atoms with E-state index in [4.69, 9.17) is 5.11 Å². The first-order chi connectivity index (χ1) is 9.52. The molecule has 6 heteroatoms. The van der Waals surface area contributed by atoms with Gasteiger partial charge in [-0.05, 0) is 32.2 Å². The van der Waals surface area contributed by atoms with Crippen molar-refractivity contribution in [2.45, 2.75) is 38.8 Å². The lowest BCUT2D eigenvalue weighted by molar-refractivity contribution is -0.119. The van der Waals surface area contributed by atoms with E-state index in [1.807, 2.05) is 6.92 Å². The van der Waals surface area contributed by atoms with Crippen LogP contribution in [-0.4, -0.2) is 72.5 Å². The number of aliphatic hydroxyl groups is 2. The molecule has 0 saturated carbocycles. The SMILES string of the molecule is CC(=O)NCCN1CC(NCCCO)CC(C(C)O)C1. The van der Waals surface area contributed by atoms with Crippen molar-refractivity contribution in [3.8, 4) is 0 Å². The minimum absolute atomic E-state index is 0.00768. The number of nitrogens with zero attached hydrogens (tertiary/aromatic N) is 1. The van der Waals surface area contributed by atoms with Gasteiger partial charge in [0.05, 0.1) is 6.10 Å². The molecule has 1 saturated heterocycles. The van der Waals surface area contributed by atoms with E-state index in [1.165, 1.54) is 6.92 Å². The first-order valence-electron chi connectivity index (χ1n) is 7.52. The van der Waals surface area contributed by atoms with E-state index in [0.29, 0.717) is 12.6 Å². The molecule has 1 amide bonds. The van der Waals surface area contributed by atoms with Crippen molar-refractivity contribution < 1.29 is 15.0 Å². The van der Waals surface area contributed by atoms with E-state index < -0.39 is 0 Å². The number of likely N-dealkylation sites (tertiary alicyclic amines) is 1. The summed E-state index contributed by atoms with van der Waals surface area (Å²) < 4.78 is 0. The van der Waals surface area contributed by atoms with Crippen LogP contribution in [0.1, 0.15) is 26.7 Å². The van der Waals surface area contributed by atoms with Crippen molar-refractivity contribution in [3.05, 3.63) is 0 Å². The van der Waals surface area contributed by atoms with Gasteiger partial charge >= 0.3 is 0 Å². The third-order valence-electron chi connectivity index (χ3n) is 3.81. The zero-order valence-corrected chi connectivity index (χ0v) is 12.6. The van der Waals surface area contributed by atoms with E-state index in [0.717, 1.165) is 39.0 Å². The van der Waals surface area contributed by atoms with Gasteiger partial charge in [-0.25, -0.2) is 0 Å². The third-order valence-corrected chi connectivity index (χ3v) is 3.81. The van der Waals surface area contributed by atoms with E-state index in [9.17, 15) is 9.90 Å². The van der Waals surface area contributed by atoms with E-state index in [2.05, 4.69) is 15.5 Å². The highest BCUT2D eigenvalue weighted by Gasteiger charge is 2.29. The summed E-state index contributed by atoms with van der Waals surface area (Å²) in [5.41, 5.74) is 0. The molecule has 1 rings (SSSR count). The molecule has 1 fully saturated rings. The lowest BCUT2D eigenvalue weighted by Gasteiger charge is -2.39. The predicted octanol–water partition coefficient (Wildman–Crippen LogP) is -0.834. The summed E-state index contributed by atoms with van der Waals surface area (Å²) in [5.74, 6) is 0.249. The van der Waals surface area contributed by atoms with Gasteiger partial charge in [-0.15, -0.1) is 0 Å². The summed E-state index contributed by atoms with van der Waals surface area (Å²) in [5, 5.41) is 24.9. The maximum atomic E-state index is 10.9. The van der Waals surface area contributed by atoms with Crippen LogP contribution in [0, 0.1) is 5.92 Å². The number of amides is 1. The molecule has 0 radical (unpaired) electrons. The van der Waals surface area contributed by atoms with Crippen molar-refractivity contribution >= 4 is 5.91 Å². The van der Waals surface area contributed by atoms with Crippen LogP contribution in [0.25, 0.3) is 0 Å². The molecule has 1 heterocycles. The molecule has 3 unspecified atom stereocenters. The molecular weight excluding hydrogens is 258 g/mol. The van der Waals surface area contributed by atoms with Gasteiger partial charge < -0.3 is 20.8 Å². The van der Waals surface area contributed by atoms with Gasteiger partial charge in [-0.2, -0.15) is 0 Å². The normalized spacial score (nSPS) is 25.4. The monoisotopic (exact) mass is 287 g/mol. The first kappa shape index (κ1) is 17.4. The van der Waals surface area contributed by atoms with Gasteiger partial charge in [0.15, 0.2) is 0 Å². The fourth-order valence-corrected chi connectivity index (χ4v) is 2.69. The number of rotatable bonds is 8. The number of aliphatic hydroxyl groups excluding tert-OH is 2. The van der Waals surface area contributed by atoms with Crippen molar-refractivity contribution in [2.75, 3.05) is 39.3 Å². The summed E-state index contributed by atoms with van der Waals surface area (Å²) in [7, 11) is 0. The van der Waals surface area contributed by atoms with Crippen LogP contribution in [0.3, 0.4) is 0 Å². The molecule has 4 N–H and O–H groups in total. The Hall–Kier alpha value is -0.690. The Kier molecular flexibility index (Phi) is 8.06. The second kappa shape index (κ2) is 9.28. The standard InChI is InChI=1S/C14H29N3O3/c1-11(19)13-8-14(16-4-3-7-18)10-17(9-13)6-5-15-12(2)20/h11,13-14,16,18-19H,3-10H2,1-2H3,(H,15,20). The zero-order valence-electron chi connectivity index (χ0n) is 12.6. The molecule has 0 aromatic rings. The van der Waals surface area contributed by atoms with Crippen LogP contribution in [0.2, 0.25) is 0 Å². The van der Waals surface area contributed by atoms with Gasteiger partial charge in [0.2, 0.25) is 5.91 Å². The number of nitrogens with one attached hydrogen (secondary N) is 2. The molecule has 20 heavy (non-hydrogen) atoms. The van der Waals surface area contributed by atoms with Crippen molar-refractivity contribution in [1.29, 1.82) is 0 Å². The minimum atomic E-state index is -0.319. The summed E-state index contributed by atoms with van der Waals surface area (Å²) in [6, 6.07) is 0.340. The smallest absolute Gasteiger partial charge is 0.216 e. The largest absolute Gasteiger partial charge is 0.396 e. The minimum Gasteiger partial charge on any atom is -0.396 e. The molecule has 118 valence electrons. The zero-order chi connectivity index (χ0) is 15.0. The fraction of sp³-hybridized carbons (Fsp3) is 0.929. The Bertz CT molecular complexity index is 287. The third kappa shape index (κ3) is 6.65. The van der Waals surface area contributed by atoms with Gasteiger partial charge in [0.25, 0.3) is 0 Å². The number of carbonyl (C=O) groups excluding carboxylic acids is 1. The van der Waals surface area contributed by atoms with Crippen molar-refractivity contribution in [3.63, 3.8) is 0 Å². The molecular formula is C14H29N3O3. The van der Waals surface area contributed by atoms with Crippen LogP contribution in [0.15, 0.2) is 0 Å². The quantitative estimate of drug-likeness (QED) is 0.438. The molecule has 0 bridgehead atoms. The number of hydrogen-bond acceptors (Lipinski definition) is 5. The average molecular weight is 287 g/mol. The van der Waals surface area contributed by atoms with E-state index in [-0.39, 0.29) is 24.5 Å². The van der Waals surface area contributed by atoms with Gasteiger partial charge in [0.1, 0.15) is 0 Å². The fourth-order valence-electron chi connectivity index (χ4n) is 2.69. The maximum Gasteiger partial charge on any atom is 0.216 e. The summed E-state index contributed by atoms with van der Waals surface area (Å²) in [6.45, 7) is 7.61. The number of hydrogen-bond donors (Lipinski definition) is 4. The molecule has 0 aromatic heterocycles. The molecule has 1 aliphatic heterocycles. The summed E-state index contributed by atoms with van der Waals surface area (Å²) >= 11 is 0. The second-order valence-corrected chi connectivity index (χ2v) is 5.71. The molecule has 6 nitrogen and oxygen atoms in total.